The number of nitro groups is 1. The van der Waals surface area contributed by atoms with Crippen molar-refractivity contribution in [1.82, 2.24) is 0 Å². The predicted octanol–water partition coefficient (Wildman–Crippen LogP) is 2.07. The van der Waals surface area contributed by atoms with Crippen molar-refractivity contribution in [3.05, 3.63) is 69.8 Å². The first-order valence-corrected chi connectivity index (χ1v) is 10.0. The standard InChI is InChI=1S/C18H17NO6S2/c20-14-9-26-18(17(23)16(14)22)27-13-7-3-11(4-8-13)15(21)10-1-5-12(6-2-10)19(24)25/h1-8,14,16-18,20,22-23H,9H2/t14-,16+,17-,18+/m1/s1. The van der Waals surface area contributed by atoms with E-state index in [9.17, 15) is 30.2 Å². The Morgan fingerprint density at radius 1 is 1.00 bits per heavy atom. The van der Waals surface area contributed by atoms with Gasteiger partial charge in [0.05, 0.1) is 15.6 Å². The summed E-state index contributed by atoms with van der Waals surface area (Å²) in [6, 6.07) is 12.2. The third-order valence-corrected chi connectivity index (χ3v) is 7.06. The smallest absolute Gasteiger partial charge is 0.269 e. The molecule has 1 aliphatic heterocycles. The highest BCUT2D eigenvalue weighted by molar-refractivity contribution is 8.17. The molecular weight excluding hydrogens is 390 g/mol. The monoisotopic (exact) mass is 407 g/mol. The first-order valence-electron chi connectivity index (χ1n) is 8.08. The summed E-state index contributed by atoms with van der Waals surface area (Å²) in [6.07, 6.45) is -3.17. The Hall–Kier alpha value is -1.91. The number of hydrogen-bond donors (Lipinski definition) is 3. The van der Waals surface area contributed by atoms with E-state index in [0.717, 1.165) is 4.90 Å². The molecule has 27 heavy (non-hydrogen) atoms. The number of ketones is 1. The number of non-ortho nitro benzene ring substituents is 1. The molecule has 0 amide bonds. The second-order valence-electron chi connectivity index (χ2n) is 6.03. The maximum atomic E-state index is 12.5. The molecule has 2 aromatic carbocycles. The summed E-state index contributed by atoms with van der Waals surface area (Å²) in [5.74, 6) is 0.0964. The molecule has 0 bridgehead atoms. The van der Waals surface area contributed by atoms with E-state index in [1.165, 1.54) is 47.8 Å². The van der Waals surface area contributed by atoms with Gasteiger partial charge in [-0.25, -0.2) is 0 Å². The third kappa shape index (κ3) is 4.50. The Balaban J connectivity index is 1.68. The van der Waals surface area contributed by atoms with Gasteiger partial charge < -0.3 is 15.3 Å². The fraction of sp³-hybridized carbons (Fsp3) is 0.278. The first kappa shape index (κ1) is 19.8. The van der Waals surface area contributed by atoms with E-state index in [1.807, 2.05) is 0 Å². The summed E-state index contributed by atoms with van der Waals surface area (Å²) in [5.41, 5.74) is 0.728. The van der Waals surface area contributed by atoms with Gasteiger partial charge in [0.1, 0.15) is 12.2 Å². The number of aliphatic hydroxyl groups excluding tert-OH is 3. The van der Waals surface area contributed by atoms with Crippen LogP contribution in [0.15, 0.2) is 53.4 Å². The number of nitrogens with zero attached hydrogens (tertiary/aromatic N) is 1. The fourth-order valence-electron chi connectivity index (χ4n) is 2.60. The van der Waals surface area contributed by atoms with E-state index >= 15 is 0 Å². The van der Waals surface area contributed by atoms with Gasteiger partial charge in [-0.1, -0.05) is 0 Å². The number of hydrogen-bond acceptors (Lipinski definition) is 8. The van der Waals surface area contributed by atoms with Crippen LogP contribution in [-0.2, 0) is 0 Å². The molecule has 7 nitrogen and oxygen atoms in total. The number of benzene rings is 2. The van der Waals surface area contributed by atoms with Crippen molar-refractivity contribution >= 4 is 35.0 Å². The molecule has 0 aliphatic carbocycles. The van der Waals surface area contributed by atoms with Crippen molar-refractivity contribution in [2.45, 2.75) is 27.8 Å². The van der Waals surface area contributed by atoms with E-state index in [1.54, 1.807) is 24.3 Å². The second kappa shape index (κ2) is 8.41. The summed E-state index contributed by atoms with van der Waals surface area (Å²) in [7, 11) is 0. The zero-order valence-corrected chi connectivity index (χ0v) is 15.6. The lowest BCUT2D eigenvalue weighted by Gasteiger charge is -2.34. The van der Waals surface area contributed by atoms with Crippen LogP contribution in [0.4, 0.5) is 5.69 Å². The zero-order chi connectivity index (χ0) is 19.6. The van der Waals surface area contributed by atoms with Crippen molar-refractivity contribution in [3.63, 3.8) is 0 Å². The number of carbonyl (C=O) groups is 1. The van der Waals surface area contributed by atoms with Crippen LogP contribution in [0.2, 0.25) is 0 Å². The number of nitro benzene ring substituents is 1. The predicted molar refractivity (Wildman–Crippen MR) is 103 cm³/mol. The van der Waals surface area contributed by atoms with Gasteiger partial charge in [-0.3, -0.25) is 14.9 Å². The molecule has 3 rings (SSSR count). The minimum atomic E-state index is -1.17. The molecule has 0 spiro atoms. The van der Waals surface area contributed by atoms with Crippen LogP contribution in [0.3, 0.4) is 0 Å². The van der Waals surface area contributed by atoms with Gasteiger partial charge in [0.15, 0.2) is 5.78 Å². The molecular formula is C18H17NO6S2. The van der Waals surface area contributed by atoms with Crippen molar-refractivity contribution in [3.8, 4) is 0 Å². The molecule has 1 heterocycles. The zero-order valence-electron chi connectivity index (χ0n) is 14.0. The van der Waals surface area contributed by atoms with Crippen LogP contribution in [-0.4, -0.2) is 54.7 Å². The normalized spacial score (nSPS) is 25.1. The van der Waals surface area contributed by atoms with Crippen LogP contribution in [0.25, 0.3) is 0 Å². The molecule has 0 unspecified atom stereocenters. The molecule has 1 fully saturated rings. The molecule has 0 aromatic heterocycles. The highest BCUT2D eigenvalue weighted by atomic mass is 32.2. The molecule has 1 saturated heterocycles. The number of carbonyl (C=O) groups excluding carboxylic acids is 1. The Morgan fingerprint density at radius 3 is 2.11 bits per heavy atom. The van der Waals surface area contributed by atoms with Crippen molar-refractivity contribution in [2.75, 3.05) is 5.75 Å². The Morgan fingerprint density at radius 2 is 1.56 bits per heavy atom. The summed E-state index contributed by atoms with van der Waals surface area (Å²) in [6.45, 7) is 0. The van der Waals surface area contributed by atoms with Gasteiger partial charge in [-0.15, -0.1) is 23.5 Å². The first-order chi connectivity index (χ1) is 12.9. The van der Waals surface area contributed by atoms with Crippen LogP contribution in [0.5, 0.6) is 0 Å². The summed E-state index contributed by atoms with van der Waals surface area (Å²) >= 11 is 2.73. The molecule has 2 aromatic rings. The largest absolute Gasteiger partial charge is 0.389 e. The second-order valence-corrected chi connectivity index (χ2v) is 8.71. The van der Waals surface area contributed by atoms with Crippen LogP contribution in [0.1, 0.15) is 15.9 Å². The van der Waals surface area contributed by atoms with Gasteiger partial charge in [-0.05, 0) is 36.4 Å². The minimum absolute atomic E-state index is 0.0749. The highest BCUT2D eigenvalue weighted by Crippen LogP contribution is 2.38. The third-order valence-electron chi connectivity index (χ3n) is 4.16. The van der Waals surface area contributed by atoms with E-state index in [2.05, 4.69) is 0 Å². The van der Waals surface area contributed by atoms with Crippen molar-refractivity contribution < 1.29 is 25.0 Å². The van der Waals surface area contributed by atoms with Crippen LogP contribution >= 0.6 is 23.5 Å². The lowest BCUT2D eigenvalue weighted by atomic mass is 10.0. The van der Waals surface area contributed by atoms with Crippen molar-refractivity contribution in [1.29, 1.82) is 0 Å². The molecule has 3 N–H and O–H groups in total. The molecule has 0 radical (unpaired) electrons. The van der Waals surface area contributed by atoms with E-state index in [4.69, 9.17) is 0 Å². The van der Waals surface area contributed by atoms with Gasteiger partial charge in [-0.2, -0.15) is 0 Å². The fourth-order valence-corrected chi connectivity index (χ4v) is 5.25. The maximum Gasteiger partial charge on any atom is 0.269 e. The lowest BCUT2D eigenvalue weighted by molar-refractivity contribution is -0.384. The molecule has 0 saturated carbocycles. The molecule has 9 heteroatoms. The number of rotatable bonds is 5. The highest BCUT2D eigenvalue weighted by Gasteiger charge is 2.37. The Labute approximate surface area is 163 Å². The van der Waals surface area contributed by atoms with E-state index in [0.29, 0.717) is 16.9 Å². The molecule has 142 valence electrons. The van der Waals surface area contributed by atoms with Gasteiger partial charge in [0.2, 0.25) is 0 Å². The van der Waals surface area contributed by atoms with E-state index in [-0.39, 0.29) is 16.1 Å². The topological polar surface area (TPSA) is 121 Å². The molecule has 1 aliphatic rings. The Bertz CT molecular complexity index is 827. The summed E-state index contributed by atoms with van der Waals surface area (Å²) in [4.78, 5) is 23.5. The SMILES string of the molecule is O=C(c1ccc(S[C@@H]2SC[C@@H](O)[C@H](O)[C@H]2O)cc1)c1ccc([N+](=O)[O-])cc1. The van der Waals surface area contributed by atoms with E-state index < -0.39 is 23.2 Å². The average molecular weight is 407 g/mol. The molecule has 4 atom stereocenters. The number of thioether (sulfide) groups is 2. The van der Waals surface area contributed by atoms with Gasteiger partial charge >= 0.3 is 0 Å². The summed E-state index contributed by atoms with van der Waals surface area (Å²) in [5, 5.41) is 40.1. The lowest BCUT2D eigenvalue weighted by Crippen LogP contribution is -2.47. The van der Waals surface area contributed by atoms with Gasteiger partial charge in [0, 0.05) is 33.9 Å². The Kier molecular flexibility index (Phi) is 6.18. The minimum Gasteiger partial charge on any atom is -0.389 e. The number of aliphatic hydroxyl groups is 3. The van der Waals surface area contributed by atoms with Crippen molar-refractivity contribution in [2.24, 2.45) is 0 Å². The maximum absolute atomic E-state index is 12.5. The van der Waals surface area contributed by atoms with Gasteiger partial charge in [0.25, 0.3) is 5.69 Å². The quantitative estimate of drug-likeness (QED) is 0.391. The van der Waals surface area contributed by atoms with Crippen LogP contribution in [0, 0.1) is 10.1 Å². The van der Waals surface area contributed by atoms with Crippen LogP contribution < -0.4 is 0 Å². The summed E-state index contributed by atoms with van der Waals surface area (Å²) < 4.78 is -0.320. The average Bonchev–Trinajstić information content (AvgIpc) is 2.68.